The summed E-state index contributed by atoms with van der Waals surface area (Å²) in [5.74, 6) is 0.394. The Balaban J connectivity index is 1.56. The Morgan fingerprint density at radius 3 is 2.83 bits per heavy atom. The number of para-hydroxylation sites is 1. The molecular formula is C18H24N2O3S. The molecule has 1 atom stereocenters. The summed E-state index contributed by atoms with van der Waals surface area (Å²) in [6.07, 6.45) is 4.66. The van der Waals surface area contributed by atoms with E-state index >= 15 is 0 Å². The van der Waals surface area contributed by atoms with Crippen LogP contribution in [0.2, 0.25) is 0 Å². The van der Waals surface area contributed by atoms with Gasteiger partial charge >= 0.3 is 0 Å². The second-order valence-electron chi connectivity index (χ2n) is 6.45. The number of H-pyrrole nitrogens is 1. The number of benzene rings is 1. The molecule has 1 unspecified atom stereocenters. The van der Waals surface area contributed by atoms with E-state index in [1.165, 1.54) is 10.9 Å². The lowest BCUT2D eigenvalue weighted by Gasteiger charge is -2.26. The van der Waals surface area contributed by atoms with Crippen molar-refractivity contribution >= 4 is 26.6 Å². The topological polar surface area (TPSA) is 70.2 Å². The summed E-state index contributed by atoms with van der Waals surface area (Å²) in [6.45, 7) is 2.49. The van der Waals surface area contributed by atoms with Crippen LogP contribution in [0.15, 0.2) is 30.5 Å². The molecule has 1 saturated heterocycles. The molecule has 24 heavy (non-hydrogen) atoms. The summed E-state index contributed by atoms with van der Waals surface area (Å²) >= 11 is 0. The van der Waals surface area contributed by atoms with Crippen LogP contribution in [0.3, 0.4) is 0 Å². The Bertz CT molecular complexity index is 826. The zero-order chi connectivity index (χ0) is 17.2. The third-order valence-electron chi connectivity index (χ3n) is 4.82. The van der Waals surface area contributed by atoms with Crippen LogP contribution in [-0.4, -0.2) is 48.3 Å². The fraction of sp³-hybridized carbons (Fsp3) is 0.500. The summed E-state index contributed by atoms with van der Waals surface area (Å²) in [6, 6.07) is 8.01. The molecule has 2 aromatic rings. The van der Waals surface area contributed by atoms with E-state index in [2.05, 4.69) is 11.1 Å². The molecule has 6 heteroatoms. The van der Waals surface area contributed by atoms with Crippen molar-refractivity contribution in [1.29, 1.82) is 0 Å². The first-order chi connectivity index (χ1) is 11.5. The van der Waals surface area contributed by atoms with Gasteiger partial charge in [0.1, 0.15) is 0 Å². The summed E-state index contributed by atoms with van der Waals surface area (Å²) in [4.78, 5) is 17.5. The fourth-order valence-electron chi connectivity index (χ4n) is 3.57. The molecule has 1 amide bonds. The lowest BCUT2D eigenvalue weighted by atomic mass is 10.1. The van der Waals surface area contributed by atoms with E-state index in [4.69, 9.17) is 0 Å². The van der Waals surface area contributed by atoms with Crippen molar-refractivity contribution in [2.45, 2.75) is 38.6 Å². The molecule has 1 aliphatic rings. The number of rotatable bonds is 6. The maximum absolute atomic E-state index is 12.5. The van der Waals surface area contributed by atoms with Crippen molar-refractivity contribution < 1.29 is 13.2 Å². The van der Waals surface area contributed by atoms with Gasteiger partial charge in [0.2, 0.25) is 5.91 Å². The maximum Gasteiger partial charge on any atom is 0.222 e. The van der Waals surface area contributed by atoms with Gasteiger partial charge in [0.05, 0.1) is 11.5 Å². The van der Waals surface area contributed by atoms with Gasteiger partial charge in [-0.05, 0) is 37.8 Å². The number of nitrogens with one attached hydrogen (secondary N) is 1. The Kier molecular flexibility index (Phi) is 4.94. The van der Waals surface area contributed by atoms with Crippen LogP contribution in [0.4, 0.5) is 0 Å². The number of hydrogen-bond donors (Lipinski definition) is 1. The van der Waals surface area contributed by atoms with Gasteiger partial charge in [0.25, 0.3) is 0 Å². The highest BCUT2D eigenvalue weighted by molar-refractivity contribution is 7.91. The van der Waals surface area contributed by atoms with Crippen LogP contribution in [0, 0.1) is 0 Å². The number of amides is 1. The molecule has 5 nitrogen and oxygen atoms in total. The molecule has 1 aliphatic heterocycles. The molecule has 0 saturated carbocycles. The van der Waals surface area contributed by atoms with Crippen molar-refractivity contribution in [2.75, 3.05) is 18.1 Å². The van der Waals surface area contributed by atoms with Crippen molar-refractivity contribution in [2.24, 2.45) is 0 Å². The summed E-state index contributed by atoms with van der Waals surface area (Å²) in [7, 11) is -2.96. The smallest absolute Gasteiger partial charge is 0.222 e. The number of carbonyl (C=O) groups excluding carboxylic acids is 1. The molecule has 0 aliphatic carbocycles. The second-order valence-corrected chi connectivity index (χ2v) is 8.68. The first-order valence-electron chi connectivity index (χ1n) is 8.55. The predicted molar refractivity (Wildman–Crippen MR) is 95.7 cm³/mol. The lowest BCUT2D eigenvalue weighted by Crippen LogP contribution is -2.40. The molecule has 0 bridgehead atoms. The Morgan fingerprint density at radius 2 is 2.12 bits per heavy atom. The number of sulfone groups is 1. The Hall–Kier alpha value is -1.82. The zero-order valence-corrected chi connectivity index (χ0v) is 14.8. The van der Waals surface area contributed by atoms with Crippen molar-refractivity contribution in [3.63, 3.8) is 0 Å². The molecule has 3 rings (SSSR count). The second kappa shape index (κ2) is 6.97. The normalized spacial score (nSPS) is 19.6. The van der Waals surface area contributed by atoms with E-state index in [9.17, 15) is 13.2 Å². The average molecular weight is 348 g/mol. The number of hydrogen-bond acceptors (Lipinski definition) is 3. The summed E-state index contributed by atoms with van der Waals surface area (Å²) in [5, 5.41) is 1.21. The van der Waals surface area contributed by atoms with Gasteiger partial charge in [0, 0.05) is 36.1 Å². The molecule has 0 radical (unpaired) electrons. The fourth-order valence-corrected chi connectivity index (χ4v) is 5.30. The monoisotopic (exact) mass is 348 g/mol. The number of aromatic amines is 1. The largest absolute Gasteiger partial charge is 0.361 e. The van der Waals surface area contributed by atoms with E-state index < -0.39 is 9.84 Å². The minimum Gasteiger partial charge on any atom is -0.361 e. The van der Waals surface area contributed by atoms with E-state index in [0.29, 0.717) is 19.4 Å². The number of carbonyl (C=O) groups is 1. The quantitative estimate of drug-likeness (QED) is 0.872. The average Bonchev–Trinajstić information content (AvgIpc) is 3.12. The van der Waals surface area contributed by atoms with Crippen LogP contribution in [0.5, 0.6) is 0 Å². The highest BCUT2D eigenvalue weighted by Gasteiger charge is 2.33. The van der Waals surface area contributed by atoms with E-state index in [1.54, 1.807) is 4.90 Å². The summed E-state index contributed by atoms with van der Waals surface area (Å²) in [5.41, 5.74) is 2.34. The van der Waals surface area contributed by atoms with Crippen LogP contribution in [-0.2, 0) is 21.1 Å². The minimum absolute atomic E-state index is 0.0689. The van der Waals surface area contributed by atoms with Crippen LogP contribution >= 0.6 is 0 Å². The standard InChI is InChI=1S/C18H24N2O3S/c1-2-20(15-10-11-24(22,23)13-15)18(21)9-5-6-14-12-19-17-8-4-3-7-16(14)17/h3-4,7-8,12,15,19H,2,5-6,9-11,13H2,1H3. The van der Waals surface area contributed by atoms with E-state index in [0.717, 1.165) is 18.4 Å². The number of aromatic nitrogens is 1. The number of fused-ring (bicyclic) bond motifs is 1. The first-order valence-corrected chi connectivity index (χ1v) is 10.4. The predicted octanol–water partition coefficient (Wildman–Crippen LogP) is 2.53. The molecular weight excluding hydrogens is 324 g/mol. The van der Waals surface area contributed by atoms with Gasteiger partial charge in [-0.25, -0.2) is 8.42 Å². The summed E-state index contributed by atoms with van der Waals surface area (Å²) < 4.78 is 23.3. The molecule has 0 spiro atoms. The molecule has 130 valence electrons. The van der Waals surface area contributed by atoms with E-state index in [-0.39, 0.29) is 23.5 Å². The molecule has 1 aromatic heterocycles. The highest BCUT2D eigenvalue weighted by atomic mass is 32.2. The van der Waals surface area contributed by atoms with Crippen molar-refractivity contribution in [3.8, 4) is 0 Å². The van der Waals surface area contributed by atoms with E-state index in [1.807, 2.05) is 31.3 Å². The number of nitrogens with zero attached hydrogens (tertiary/aromatic N) is 1. The van der Waals surface area contributed by atoms with Gasteiger partial charge in [0.15, 0.2) is 9.84 Å². The van der Waals surface area contributed by atoms with Gasteiger partial charge < -0.3 is 9.88 Å². The third kappa shape index (κ3) is 3.64. The van der Waals surface area contributed by atoms with Crippen molar-refractivity contribution in [3.05, 3.63) is 36.0 Å². The van der Waals surface area contributed by atoms with Gasteiger partial charge in [-0.3, -0.25) is 4.79 Å². The SMILES string of the molecule is CCN(C(=O)CCCc1c[nH]c2ccccc12)C1CCS(=O)(=O)C1. The molecule has 2 heterocycles. The van der Waals surface area contributed by atoms with Crippen LogP contribution in [0.1, 0.15) is 31.7 Å². The minimum atomic E-state index is -2.96. The Morgan fingerprint density at radius 1 is 1.33 bits per heavy atom. The van der Waals surface area contributed by atoms with Gasteiger partial charge in [-0.1, -0.05) is 18.2 Å². The van der Waals surface area contributed by atoms with Crippen molar-refractivity contribution in [1.82, 2.24) is 9.88 Å². The number of aryl methyl sites for hydroxylation is 1. The van der Waals surface area contributed by atoms with Crippen LogP contribution in [0.25, 0.3) is 10.9 Å². The Labute approximate surface area is 143 Å². The maximum atomic E-state index is 12.5. The van der Waals surface area contributed by atoms with Crippen LogP contribution < -0.4 is 0 Å². The third-order valence-corrected chi connectivity index (χ3v) is 6.57. The molecule has 1 fully saturated rings. The zero-order valence-electron chi connectivity index (χ0n) is 14.0. The van der Waals surface area contributed by atoms with Gasteiger partial charge in [-0.15, -0.1) is 0 Å². The first kappa shape index (κ1) is 17.0. The highest BCUT2D eigenvalue weighted by Crippen LogP contribution is 2.21. The lowest BCUT2D eigenvalue weighted by molar-refractivity contribution is -0.132. The molecule has 1 aromatic carbocycles. The molecule has 1 N–H and O–H groups in total. The van der Waals surface area contributed by atoms with Gasteiger partial charge in [-0.2, -0.15) is 0 Å².